The molecule has 0 radical (unpaired) electrons. The Morgan fingerprint density at radius 1 is 1.04 bits per heavy atom. The van der Waals surface area contributed by atoms with Gasteiger partial charge in [0.25, 0.3) is 6.08 Å². The fraction of sp³-hybridized carbons (Fsp3) is 0.600. The largest absolute Gasteiger partial charge is 0.269 e. The number of hydrogen-bond acceptors (Lipinski definition) is 0. The van der Waals surface area contributed by atoms with Gasteiger partial charge in [0.2, 0.25) is 0 Å². The molecule has 0 nitrogen and oxygen atoms in total. The molecule has 0 heterocycles. The SMILES string of the molecule is CCCC1CCC(c2ccc(C3CC(=C(F)F)C3)c(F)c2)CC1. The van der Waals surface area contributed by atoms with E-state index in [4.69, 9.17) is 0 Å². The maximum absolute atomic E-state index is 14.4. The van der Waals surface area contributed by atoms with E-state index in [9.17, 15) is 13.2 Å². The first-order valence-corrected chi connectivity index (χ1v) is 8.90. The highest BCUT2D eigenvalue weighted by Gasteiger charge is 2.31. The van der Waals surface area contributed by atoms with Crippen LogP contribution in [0.4, 0.5) is 13.2 Å². The molecule has 2 aliphatic rings. The fourth-order valence-corrected chi connectivity index (χ4v) is 4.23. The number of halogens is 3. The monoisotopic (exact) mass is 322 g/mol. The molecule has 0 aromatic heterocycles. The number of hydrogen-bond donors (Lipinski definition) is 0. The van der Waals surface area contributed by atoms with E-state index in [0.29, 0.717) is 24.3 Å². The van der Waals surface area contributed by atoms with Gasteiger partial charge in [-0.05, 0) is 79.0 Å². The summed E-state index contributed by atoms with van der Waals surface area (Å²) in [5.74, 6) is 1.03. The molecular formula is C20H25F3. The maximum atomic E-state index is 14.4. The lowest BCUT2D eigenvalue weighted by Crippen LogP contribution is -2.16. The Bertz CT molecular complexity index is 571. The predicted octanol–water partition coefficient (Wildman–Crippen LogP) is 6.93. The lowest BCUT2D eigenvalue weighted by molar-refractivity contribution is 0.308. The van der Waals surface area contributed by atoms with Crippen molar-refractivity contribution in [2.45, 2.75) is 70.1 Å². The Kier molecular flexibility index (Phi) is 5.13. The van der Waals surface area contributed by atoms with Crippen molar-refractivity contribution in [2.75, 3.05) is 0 Å². The number of benzene rings is 1. The van der Waals surface area contributed by atoms with E-state index in [-0.39, 0.29) is 17.3 Å². The number of rotatable bonds is 4. The average molecular weight is 322 g/mol. The van der Waals surface area contributed by atoms with Crippen molar-refractivity contribution in [3.05, 3.63) is 46.8 Å². The summed E-state index contributed by atoms with van der Waals surface area (Å²) in [5, 5.41) is 0. The van der Waals surface area contributed by atoms with Gasteiger partial charge in [-0.1, -0.05) is 31.9 Å². The second-order valence-electron chi connectivity index (χ2n) is 7.26. The van der Waals surface area contributed by atoms with Gasteiger partial charge in [0, 0.05) is 0 Å². The van der Waals surface area contributed by atoms with Gasteiger partial charge in [0.1, 0.15) is 5.82 Å². The van der Waals surface area contributed by atoms with E-state index in [1.165, 1.54) is 25.7 Å². The first-order chi connectivity index (χ1) is 11.1. The molecule has 0 spiro atoms. The quantitative estimate of drug-likeness (QED) is 0.564. The van der Waals surface area contributed by atoms with E-state index in [1.807, 2.05) is 12.1 Å². The lowest BCUT2D eigenvalue weighted by atomic mass is 9.74. The third kappa shape index (κ3) is 3.64. The third-order valence-corrected chi connectivity index (χ3v) is 5.73. The molecule has 0 atom stereocenters. The maximum Gasteiger partial charge on any atom is 0.269 e. The molecule has 0 amide bonds. The molecule has 0 unspecified atom stereocenters. The first kappa shape index (κ1) is 16.6. The van der Waals surface area contributed by atoms with Crippen LogP contribution in [-0.4, -0.2) is 0 Å². The second-order valence-corrected chi connectivity index (χ2v) is 7.26. The van der Waals surface area contributed by atoms with Crippen molar-refractivity contribution < 1.29 is 13.2 Å². The summed E-state index contributed by atoms with van der Waals surface area (Å²) >= 11 is 0. The van der Waals surface area contributed by atoms with Gasteiger partial charge in [0.15, 0.2) is 0 Å². The zero-order chi connectivity index (χ0) is 16.4. The first-order valence-electron chi connectivity index (χ1n) is 8.90. The van der Waals surface area contributed by atoms with Crippen LogP contribution in [0.1, 0.15) is 81.3 Å². The van der Waals surface area contributed by atoms with Crippen LogP contribution >= 0.6 is 0 Å². The van der Waals surface area contributed by atoms with E-state index in [2.05, 4.69) is 6.92 Å². The van der Waals surface area contributed by atoms with E-state index in [0.717, 1.165) is 24.3 Å². The zero-order valence-corrected chi connectivity index (χ0v) is 13.8. The molecule has 2 aliphatic carbocycles. The van der Waals surface area contributed by atoms with Gasteiger partial charge in [0.05, 0.1) is 0 Å². The molecular weight excluding hydrogens is 297 g/mol. The van der Waals surface area contributed by atoms with Crippen LogP contribution < -0.4 is 0 Å². The van der Waals surface area contributed by atoms with Crippen LogP contribution in [0.15, 0.2) is 29.9 Å². The molecule has 0 N–H and O–H groups in total. The van der Waals surface area contributed by atoms with E-state index >= 15 is 0 Å². The molecule has 0 aliphatic heterocycles. The molecule has 1 aromatic rings. The average Bonchev–Trinajstić information content (AvgIpc) is 2.48. The van der Waals surface area contributed by atoms with Crippen LogP contribution in [0.5, 0.6) is 0 Å². The minimum Gasteiger partial charge on any atom is -0.207 e. The minimum absolute atomic E-state index is 0.0687. The molecule has 2 saturated carbocycles. The Morgan fingerprint density at radius 2 is 1.74 bits per heavy atom. The summed E-state index contributed by atoms with van der Waals surface area (Å²) in [6.45, 7) is 2.23. The highest BCUT2D eigenvalue weighted by atomic mass is 19.3. The van der Waals surface area contributed by atoms with Crippen LogP contribution in [-0.2, 0) is 0 Å². The molecule has 3 rings (SSSR count). The summed E-state index contributed by atoms with van der Waals surface area (Å²) in [6.07, 6.45) is 6.37. The van der Waals surface area contributed by atoms with E-state index in [1.54, 1.807) is 6.07 Å². The van der Waals surface area contributed by atoms with Crippen LogP contribution in [0.3, 0.4) is 0 Å². The van der Waals surface area contributed by atoms with Crippen LogP contribution in [0, 0.1) is 11.7 Å². The Morgan fingerprint density at radius 3 is 2.30 bits per heavy atom. The van der Waals surface area contributed by atoms with Crippen molar-refractivity contribution >= 4 is 0 Å². The highest BCUT2D eigenvalue weighted by Crippen LogP contribution is 2.45. The smallest absolute Gasteiger partial charge is 0.207 e. The van der Waals surface area contributed by atoms with Gasteiger partial charge in [-0.25, -0.2) is 4.39 Å². The second kappa shape index (κ2) is 7.11. The Balaban J connectivity index is 1.63. The molecule has 23 heavy (non-hydrogen) atoms. The van der Waals surface area contributed by atoms with Crippen molar-refractivity contribution in [2.24, 2.45) is 5.92 Å². The van der Waals surface area contributed by atoms with Crippen molar-refractivity contribution in [1.82, 2.24) is 0 Å². The van der Waals surface area contributed by atoms with E-state index < -0.39 is 6.08 Å². The van der Waals surface area contributed by atoms with Gasteiger partial charge in [-0.3, -0.25) is 0 Å². The van der Waals surface area contributed by atoms with Gasteiger partial charge < -0.3 is 0 Å². The normalized spacial score (nSPS) is 27.7. The molecule has 0 saturated heterocycles. The minimum atomic E-state index is -1.58. The molecule has 126 valence electrons. The summed E-state index contributed by atoms with van der Waals surface area (Å²) in [7, 11) is 0. The standard InChI is InChI=1S/C20H25F3/c1-2-3-13-4-6-14(7-5-13)15-8-9-18(19(21)12-15)16-10-17(11-16)20(22)23/h8-9,12-14,16H,2-7,10-11H2,1H3. The van der Waals surface area contributed by atoms with Crippen LogP contribution in [0.25, 0.3) is 0 Å². The van der Waals surface area contributed by atoms with Crippen molar-refractivity contribution in [3.63, 3.8) is 0 Å². The molecule has 2 fully saturated rings. The Labute approximate surface area is 136 Å². The lowest BCUT2D eigenvalue weighted by Gasteiger charge is -2.31. The van der Waals surface area contributed by atoms with Gasteiger partial charge >= 0.3 is 0 Å². The third-order valence-electron chi connectivity index (χ3n) is 5.73. The molecule has 1 aromatic carbocycles. The van der Waals surface area contributed by atoms with Crippen LogP contribution in [0.2, 0.25) is 0 Å². The topological polar surface area (TPSA) is 0 Å². The summed E-state index contributed by atoms with van der Waals surface area (Å²) in [6, 6.07) is 5.52. The van der Waals surface area contributed by atoms with Crippen molar-refractivity contribution in [1.29, 1.82) is 0 Å². The Hall–Kier alpha value is -1.25. The summed E-state index contributed by atoms with van der Waals surface area (Å²) < 4.78 is 39.3. The van der Waals surface area contributed by atoms with Gasteiger partial charge in [-0.15, -0.1) is 0 Å². The summed E-state index contributed by atoms with van der Waals surface area (Å²) in [4.78, 5) is 0. The summed E-state index contributed by atoms with van der Waals surface area (Å²) in [5.41, 5.74) is 1.89. The molecule has 3 heteroatoms. The fourth-order valence-electron chi connectivity index (χ4n) is 4.23. The highest BCUT2D eigenvalue weighted by molar-refractivity contribution is 5.35. The predicted molar refractivity (Wildman–Crippen MR) is 87.2 cm³/mol. The number of allylic oxidation sites excluding steroid dienone is 1. The van der Waals surface area contributed by atoms with Gasteiger partial charge in [-0.2, -0.15) is 8.78 Å². The zero-order valence-electron chi connectivity index (χ0n) is 13.8. The van der Waals surface area contributed by atoms with Crippen molar-refractivity contribution in [3.8, 4) is 0 Å². The molecule has 0 bridgehead atoms.